The van der Waals surface area contributed by atoms with Crippen LogP contribution < -0.4 is 4.74 Å². The van der Waals surface area contributed by atoms with Crippen LogP contribution in [0.4, 0.5) is 0 Å². The molecule has 0 aromatic heterocycles. The van der Waals surface area contributed by atoms with E-state index in [2.05, 4.69) is 6.58 Å². The SMILES string of the molecule is C=CCOc1ccc(CCO[C@@H]2O[C@H](CO)[C@@H](O)[C@H](O)[C@H]2O)cc1. The molecular formula is C17H24O7. The van der Waals surface area contributed by atoms with Gasteiger partial charge in [-0.1, -0.05) is 24.8 Å². The van der Waals surface area contributed by atoms with Gasteiger partial charge in [-0.15, -0.1) is 0 Å². The summed E-state index contributed by atoms with van der Waals surface area (Å²) in [5.41, 5.74) is 1.01. The minimum Gasteiger partial charge on any atom is -0.490 e. The Morgan fingerprint density at radius 3 is 2.42 bits per heavy atom. The van der Waals surface area contributed by atoms with Crippen molar-refractivity contribution in [3.05, 3.63) is 42.5 Å². The van der Waals surface area contributed by atoms with Crippen molar-refractivity contribution in [1.82, 2.24) is 0 Å². The summed E-state index contributed by atoms with van der Waals surface area (Å²) >= 11 is 0. The van der Waals surface area contributed by atoms with E-state index in [4.69, 9.17) is 19.3 Å². The number of hydrogen-bond acceptors (Lipinski definition) is 7. The molecule has 4 N–H and O–H groups in total. The molecular weight excluding hydrogens is 316 g/mol. The van der Waals surface area contributed by atoms with Crippen molar-refractivity contribution in [1.29, 1.82) is 0 Å². The molecule has 0 spiro atoms. The number of rotatable bonds is 8. The van der Waals surface area contributed by atoms with Gasteiger partial charge in [0.2, 0.25) is 0 Å². The summed E-state index contributed by atoms with van der Waals surface area (Å²) in [4.78, 5) is 0. The highest BCUT2D eigenvalue weighted by Gasteiger charge is 2.43. The van der Waals surface area contributed by atoms with Crippen LogP contribution in [0, 0.1) is 0 Å². The molecule has 0 unspecified atom stereocenters. The highest BCUT2D eigenvalue weighted by Crippen LogP contribution is 2.22. The second-order valence-electron chi connectivity index (χ2n) is 5.56. The van der Waals surface area contributed by atoms with Crippen LogP contribution >= 0.6 is 0 Å². The van der Waals surface area contributed by atoms with E-state index < -0.39 is 37.3 Å². The topological polar surface area (TPSA) is 109 Å². The lowest BCUT2D eigenvalue weighted by molar-refractivity contribution is -0.300. The summed E-state index contributed by atoms with van der Waals surface area (Å²) in [7, 11) is 0. The molecule has 1 fully saturated rings. The molecule has 0 saturated carbocycles. The lowest BCUT2D eigenvalue weighted by Gasteiger charge is -2.39. The van der Waals surface area contributed by atoms with Gasteiger partial charge in [-0.25, -0.2) is 0 Å². The molecule has 24 heavy (non-hydrogen) atoms. The van der Waals surface area contributed by atoms with Gasteiger partial charge in [0.1, 0.15) is 36.8 Å². The molecule has 7 nitrogen and oxygen atoms in total. The predicted molar refractivity (Wildman–Crippen MR) is 85.6 cm³/mol. The summed E-state index contributed by atoms with van der Waals surface area (Å²) in [6.07, 6.45) is -4.02. The van der Waals surface area contributed by atoms with Crippen molar-refractivity contribution < 1.29 is 34.6 Å². The summed E-state index contributed by atoms with van der Waals surface area (Å²) in [5, 5.41) is 38.4. The Morgan fingerprint density at radius 1 is 1.08 bits per heavy atom. The number of benzene rings is 1. The van der Waals surface area contributed by atoms with Gasteiger partial charge in [0.15, 0.2) is 6.29 Å². The van der Waals surface area contributed by atoms with E-state index >= 15 is 0 Å². The highest BCUT2D eigenvalue weighted by molar-refractivity contribution is 5.27. The Balaban J connectivity index is 1.81. The second-order valence-corrected chi connectivity index (χ2v) is 5.56. The fourth-order valence-electron chi connectivity index (χ4n) is 2.41. The molecule has 0 bridgehead atoms. The molecule has 134 valence electrons. The van der Waals surface area contributed by atoms with Crippen LogP contribution in [0.1, 0.15) is 5.56 Å². The molecule has 1 aliphatic rings. The van der Waals surface area contributed by atoms with Crippen molar-refractivity contribution in [3.63, 3.8) is 0 Å². The van der Waals surface area contributed by atoms with Gasteiger partial charge in [0.05, 0.1) is 13.2 Å². The molecule has 1 heterocycles. The van der Waals surface area contributed by atoms with Crippen molar-refractivity contribution in [3.8, 4) is 5.75 Å². The third-order valence-corrected chi connectivity index (χ3v) is 3.81. The Morgan fingerprint density at radius 2 is 1.79 bits per heavy atom. The average molecular weight is 340 g/mol. The fourth-order valence-corrected chi connectivity index (χ4v) is 2.41. The fraction of sp³-hybridized carbons (Fsp3) is 0.529. The molecule has 0 aliphatic carbocycles. The first-order valence-electron chi connectivity index (χ1n) is 7.81. The first kappa shape index (κ1) is 18.9. The van der Waals surface area contributed by atoms with E-state index in [9.17, 15) is 15.3 Å². The monoisotopic (exact) mass is 340 g/mol. The van der Waals surface area contributed by atoms with E-state index in [1.807, 2.05) is 24.3 Å². The normalized spacial score (nSPS) is 30.1. The summed E-state index contributed by atoms with van der Waals surface area (Å²) in [5.74, 6) is 0.744. The largest absolute Gasteiger partial charge is 0.490 e. The molecule has 1 saturated heterocycles. The van der Waals surface area contributed by atoms with Crippen LogP contribution in [0.5, 0.6) is 5.75 Å². The van der Waals surface area contributed by atoms with Crippen molar-refractivity contribution in [2.45, 2.75) is 37.1 Å². The van der Waals surface area contributed by atoms with Crippen molar-refractivity contribution in [2.75, 3.05) is 19.8 Å². The van der Waals surface area contributed by atoms with Crippen LogP contribution in [-0.2, 0) is 15.9 Å². The maximum Gasteiger partial charge on any atom is 0.186 e. The van der Waals surface area contributed by atoms with Crippen molar-refractivity contribution >= 4 is 0 Å². The summed E-state index contributed by atoms with van der Waals surface area (Å²) in [6.45, 7) is 3.80. The van der Waals surface area contributed by atoms with Crippen LogP contribution in [0.2, 0.25) is 0 Å². The van der Waals surface area contributed by atoms with E-state index in [0.29, 0.717) is 13.0 Å². The van der Waals surface area contributed by atoms with E-state index in [-0.39, 0.29) is 6.61 Å². The lowest BCUT2D eigenvalue weighted by Crippen LogP contribution is -2.59. The zero-order valence-corrected chi connectivity index (χ0v) is 13.3. The summed E-state index contributed by atoms with van der Waals surface area (Å²) in [6, 6.07) is 7.48. The first-order valence-corrected chi connectivity index (χ1v) is 7.81. The van der Waals surface area contributed by atoms with Crippen LogP contribution in [0.15, 0.2) is 36.9 Å². The molecule has 1 aromatic rings. The quantitative estimate of drug-likeness (QED) is 0.477. The lowest BCUT2D eigenvalue weighted by atomic mass is 9.99. The molecule has 5 atom stereocenters. The summed E-state index contributed by atoms with van der Waals surface area (Å²) < 4.78 is 16.1. The van der Waals surface area contributed by atoms with E-state index in [1.54, 1.807) is 6.08 Å². The number of aliphatic hydroxyl groups excluding tert-OH is 4. The number of aliphatic hydroxyl groups is 4. The minimum atomic E-state index is -1.43. The maximum absolute atomic E-state index is 9.87. The predicted octanol–water partition coefficient (Wildman–Crippen LogP) is -0.390. The third kappa shape index (κ3) is 4.76. The first-order chi connectivity index (χ1) is 11.6. The van der Waals surface area contributed by atoms with Crippen LogP contribution in [0.3, 0.4) is 0 Å². The average Bonchev–Trinajstić information content (AvgIpc) is 2.61. The Bertz CT molecular complexity index is 502. The Labute approximate surface area is 140 Å². The third-order valence-electron chi connectivity index (χ3n) is 3.81. The van der Waals surface area contributed by atoms with E-state index in [1.165, 1.54) is 0 Å². The molecule has 1 aromatic carbocycles. The smallest absolute Gasteiger partial charge is 0.186 e. The highest BCUT2D eigenvalue weighted by atomic mass is 16.7. The van der Waals surface area contributed by atoms with Gasteiger partial charge < -0.3 is 34.6 Å². The van der Waals surface area contributed by atoms with E-state index in [0.717, 1.165) is 11.3 Å². The molecule has 0 radical (unpaired) electrons. The van der Waals surface area contributed by atoms with Crippen molar-refractivity contribution in [2.24, 2.45) is 0 Å². The van der Waals surface area contributed by atoms with Gasteiger partial charge in [-0.05, 0) is 24.1 Å². The number of ether oxygens (including phenoxy) is 3. The Kier molecular flexibility index (Phi) is 7.16. The van der Waals surface area contributed by atoms with Gasteiger partial charge in [-0.2, -0.15) is 0 Å². The standard InChI is InChI=1S/C17H24O7/c1-2-8-22-12-5-3-11(4-6-12)7-9-23-17-16(21)15(20)14(19)13(10-18)24-17/h2-6,13-21H,1,7-10H2/t13-,14-,15+,16-,17-/m1/s1. The van der Waals surface area contributed by atoms with Crippen LogP contribution in [0.25, 0.3) is 0 Å². The second kappa shape index (κ2) is 9.12. The molecule has 7 heteroatoms. The maximum atomic E-state index is 9.87. The van der Waals surface area contributed by atoms with Gasteiger partial charge >= 0.3 is 0 Å². The molecule has 0 amide bonds. The van der Waals surface area contributed by atoms with Gasteiger partial charge in [-0.3, -0.25) is 0 Å². The zero-order valence-electron chi connectivity index (χ0n) is 13.3. The van der Waals surface area contributed by atoms with Gasteiger partial charge in [0.25, 0.3) is 0 Å². The number of hydrogen-bond donors (Lipinski definition) is 4. The Hall–Kier alpha value is -1.48. The minimum absolute atomic E-state index is 0.246. The molecule has 2 rings (SSSR count). The molecule has 1 aliphatic heterocycles. The zero-order chi connectivity index (χ0) is 17.5. The van der Waals surface area contributed by atoms with Crippen LogP contribution in [-0.4, -0.2) is 71.0 Å². The van der Waals surface area contributed by atoms with Gasteiger partial charge in [0, 0.05) is 0 Å².